The highest BCUT2D eigenvalue weighted by Crippen LogP contribution is 2.29. The lowest BCUT2D eigenvalue weighted by Gasteiger charge is -2.13. The Labute approximate surface area is 138 Å². The Bertz CT molecular complexity index is 927. The summed E-state index contributed by atoms with van der Waals surface area (Å²) in [6.07, 6.45) is -0.753. The Morgan fingerprint density at radius 1 is 1.08 bits per heavy atom. The summed E-state index contributed by atoms with van der Waals surface area (Å²) in [5.74, 6) is -0.0525. The van der Waals surface area contributed by atoms with E-state index in [0.717, 1.165) is 16.5 Å². The Morgan fingerprint density at radius 3 is 2.54 bits per heavy atom. The molecule has 0 N–H and O–H groups in total. The highest BCUT2D eigenvalue weighted by atomic mass is 16.6. The first-order valence-electron chi connectivity index (χ1n) is 7.46. The van der Waals surface area contributed by atoms with Crippen LogP contribution in [0.1, 0.15) is 6.92 Å². The van der Waals surface area contributed by atoms with Crippen LogP contribution in [0.2, 0.25) is 0 Å². The van der Waals surface area contributed by atoms with Crippen LogP contribution in [0.25, 0.3) is 22.1 Å². The summed E-state index contributed by atoms with van der Waals surface area (Å²) in [6.45, 7) is 1.59. The lowest BCUT2D eigenvalue weighted by molar-refractivity contribution is -0.147. The van der Waals surface area contributed by atoms with Crippen molar-refractivity contribution in [1.82, 2.24) is 0 Å². The van der Waals surface area contributed by atoms with Crippen LogP contribution in [-0.2, 0) is 9.53 Å². The van der Waals surface area contributed by atoms with Gasteiger partial charge < -0.3 is 13.9 Å². The molecular formula is C19H16O5. The molecule has 1 unspecified atom stereocenters. The van der Waals surface area contributed by atoms with Gasteiger partial charge >= 0.3 is 11.6 Å². The van der Waals surface area contributed by atoms with Crippen LogP contribution in [0.5, 0.6) is 5.75 Å². The minimum Gasteiger partial charge on any atom is -0.479 e. The molecule has 0 saturated carbocycles. The molecule has 1 atom stereocenters. The van der Waals surface area contributed by atoms with Gasteiger partial charge in [0, 0.05) is 17.5 Å². The van der Waals surface area contributed by atoms with Crippen molar-refractivity contribution in [2.45, 2.75) is 13.0 Å². The first kappa shape index (κ1) is 15.8. The SMILES string of the molecule is COC(=O)C(C)Oc1ccc2c(-c3ccccc3)cc(=O)oc2c1. The number of benzene rings is 2. The van der Waals surface area contributed by atoms with Crippen LogP contribution >= 0.6 is 0 Å². The van der Waals surface area contributed by atoms with Gasteiger partial charge in [0.1, 0.15) is 11.3 Å². The molecule has 2 aromatic carbocycles. The molecule has 0 fully saturated rings. The molecule has 5 nitrogen and oxygen atoms in total. The largest absolute Gasteiger partial charge is 0.479 e. The first-order chi connectivity index (χ1) is 11.6. The molecule has 0 bridgehead atoms. The Balaban J connectivity index is 2.05. The van der Waals surface area contributed by atoms with E-state index in [1.807, 2.05) is 30.3 Å². The van der Waals surface area contributed by atoms with Gasteiger partial charge in [-0.05, 0) is 30.2 Å². The van der Waals surface area contributed by atoms with Crippen LogP contribution in [0.3, 0.4) is 0 Å². The van der Waals surface area contributed by atoms with Gasteiger partial charge in [-0.15, -0.1) is 0 Å². The summed E-state index contributed by atoms with van der Waals surface area (Å²) in [4.78, 5) is 23.3. The summed E-state index contributed by atoms with van der Waals surface area (Å²) < 4.78 is 15.4. The molecule has 122 valence electrons. The number of rotatable bonds is 4. The molecule has 0 aliphatic heterocycles. The zero-order valence-corrected chi connectivity index (χ0v) is 13.3. The van der Waals surface area contributed by atoms with Gasteiger partial charge in [-0.3, -0.25) is 0 Å². The molecule has 0 amide bonds. The third kappa shape index (κ3) is 3.15. The van der Waals surface area contributed by atoms with E-state index >= 15 is 0 Å². The monoisotopic (exact) mass is 324 g/mol. The fourth-order valence-corrected chi connectivity index (χ4v) is 2.49. The quantitative estimate of drug-likeness (QED) is 0.543. The van der Waals surface area contributed by atoms with Crippen LogP contribution in [0.4, 0.5) is 0 Å². The van der Waals surface area contributed by atoms with Crippen LogP contribution in [0, 0.1) is 0 Å². The standard InChI is InChI=1S/C19H16O5/c1-12(19(21)22-2)23-14-8-9-15-16(13-6-4-3-5-7-13)11-18(20)24-17(15)10-14/h3-12H,1-2H3. The smallest absolute Gasteiger partial charge is 0.346 e. The maximum Gasteiger partial charge on any atom is 0.346 e. The predicted molar refractivity (Wildman–Crippen MR) is 90.0 cm³/mol. The van der Waals surface area contributed by atoms with Crippen LogP contribution < -0.4 is 10.4 Å². The second kappa shape index (κ2) is 6.58. The Kier molecular flexibility index (Phi) is 4.33. The molecule has 0 radical (unpaired) electrons. The molecule has 5 heteroatoms. The number of carbonyl (C=O) groups excluding carboxylic acids is 1. The number of hydrogen-bond donors (Lipinski definition) is 0. The number of ether oxygens (including phenoxy) is 2. The van der Waals surface area contributed by atoms with E-state index < -0.39 is 17.7 Å². The molecule has 1 aromatic heterocycles. The molecule has 3 aromatic rings. The van der Waals surface area contributed by atoms with Crippen molar-refractivity contribution in [2.75, 3.05) is 7.11 Å². The van der Waals surface area contributed by atoms with Crippen molar-refractivity contribution in [1.29, 1.82) is 0 Å². The fourth-order valence-electron chi connectivity index (χ4n) is 2.49. The van der Waals surface area contributed by atoms with E-state index in [1.54, 1.807) is 25.1 Å². The minimum atomic E-state index is -0.753. The first-order valence-corrected chi connectivity index (χ1v) is 7.46. The van der Waals surface area contributed by atoms with Crippen molar-refractivity contribution < 1.29 is 18.7 Å². The molecule has 0 aliphatic rings. The van der Waals surface area contributed by atoms with Gasteiger partial charge in [-0.1, -0.05) is 30.3 Å². The van der Waals surface area contributed by atoms with Crippen LogP contribution in [-0.4, -0.2) is 19.2 Å². The van der Waals surface area contributed by atoms with Crippen LogP contribution in [0.15, 0.2) is 63.8 Å². The predicted octanol–water partition coefficient (Wildman–Crippen LogP) is 3.40. The number of esters is 1. The van der Waals surface area contributed by atoms with Crippen molar-refractivity contribution in [3.63, 3.8) is 0 Å². The molecule has 24 heavy (non-hydrogen) atoms. The number of hydrogen-bond acceptors (Lipinski definition) is 5. The summed E-state index contributed by atoms with van der Waals surface area (Å²) in [5, 5.41) is 0.791. The van der Waals surface area contributed by atoms with Gasteiger partial charge in [-0.25, -0.2) is 9.59 Å². The van der Waals surface area contributed by atoms with Gasteiger partial charge in [0.25, 0.3) is 0 Å². The summed E-state index contributed by atoms with van der Waals surface area (Å²) >= 11 is 0. The number of fused-ring (bicyclic) bond motifs is 1. The normalized spacial score (nSPS) is 11.9. The van der Waals surface area contributed by atoms with Crippen molar-refractivity contribution in [3.8, 4) is 16.9 Å². The second-order valence-electron chi connectivity index (χ2n) is 5.29. The number of carbonyl (C=O) groups is 1. The van der Waals surface area contributed by atoms with E-state index in [4.69, 9.17) is 9.15 Å². The summed E-state index contributed by atoms with van der Waals surface area (Å²) in [6, 6.07) is 16.2. The molecule has 0 spiro atoms. The second-order valence-corrected chi connectivity index (χ2v) is 5.29. The van der Waals surface area contributed by atoms with Gasteiger partial charge in [0.15, 0.2) is 6.10 Å². The molecule has 0 aliphatic carbocycles. The molecule has 1 heterocycles. The Morgan fingerprint density at radius 2 is 1.83 bits per heavy atom. The average molecular weight is 324 g/mol. The number of methoxy groups -OCH3 is 1. The maximum absolute atomic E-state index is 11.9. The van der Waals surface area contributed by atoms with E-state index in [9.17, 15) is 9.59 Å². The summed E-state index contributed by atoms with van der Waals surface area (Å²) in [5.41, 5.74) is 1.66. The van der Waals surface area contributed by atoms with Gasteiger partial charge in [0.05, 0.1) is 7.11 Å². The third-order valence-corrected chi connectivity index (χ3v) is 3.65. The van der Waals surface area contributed by atoms with E-state index in [0.29, 0.717) is 11.3 Å². The summed E-state index contributed by atoms with van der Waals surface area (Å²) in [7, 11) is 1.30. The topological polar surface area (TPSA) is 65.7 Å². The fraction of sp³-hybridized carbons (Fsp3) is 0.158. The average Bonchev–Trinajstić information content (AvgIpc) is 2.60. The van der Waals surface area contributed by atoms with Gasteiger partial charge in [0.2, 0.25) is 0 Å². The van der Waals surface area contributed by atoms with Crippen molar-refractivity contribution in [3.05, 3.63) is 65.0 Å². The molecule has 0 saturated heterocycles. The van der Waals surface area contributed by atoms with E-state index in [2.05, 4.69) is 4.74 Å². The zero-order chi connectivity index (χ0) is 17.1. The Hall–Kier alpha value is -3.08. The third-order valence-electron chi connectivity index (χ3n) is 3.65. The lowest BCUT2D eigenvalue weighted by atomic mass is 10.0. The minimum absolute atomic E-state index is 0.399. The maximum atomic E-state index is 11.9. The highest BCUT2D eigenvalue weighted by molar-refractivity contribution is 5.93. The van der Waals surface area contributed by atoms with Gasteiger partial charge in [-0.2, -0.15) is 0 Å². The highest BCUT2D eigenvalue weighted by Gasteiger charge is 2.16. The van der Waals surface area contributed by atoms with E-state index in [1.165, 1.54) is 13.2 Å². The van der Waals surface area contributed by atoms with Crippen molar-refractivity contribution in [2.24, 2.45) is 0 Å². The molecule has 3 rings (SSSR count). The van der Waals surface area contributed by atoms with Crippen molar-refractivity contribution >= 4 is 16.9 Å². The molecular weight excluding hydrogens is 308 g/mol. The van der Waals surface area contributed by atoms with E-state index in [-0.39, 0.29) is 0 Å². The zero-order valence-electron chi connectivity index (χ0n) is 13.3. The lowest BCUT2D eigenvalue weighted by Crippen LogP contribution is -2.24.